The molecule has 6 N–H and O–H groups in total. The van der Waals surface area contributed by atoms with Crippen LogP contribution in [0.5, 0.6) is 0 Å². The fraction of sp³-hybridized carbons (Fsp3) is 0.829. The lowest BCUT2D eigenvalue weighted by atomic mass is 10.0. The number of ether oxygens (including phenoxy) is 4. The zero-order valence-electron chi connectivity index (χ0n) is 30.6. The van der Waals surface area contributed by atoms with Crippen molar-refractivity contribution in [3.05, 3.63) is 0 Å². The van der Waals surface area contributed by atoms with E-state index in [0.717, 1.165) is 70.6 Å². The van der Waals surface area contributed by atoms with Gasteiger partial charge in [0.25, 0.3) is 0 Å². The van der Waals surface area contributed by atoms with Crippen LogP contribution in [-0.4, -0.2) is 124 Å². The molecule has 0 spiro atoms. The molecule has 0 radical (unpaired) electrons. The van der Waals surface area contributed by atoms with Crippen LogP contribution >= 0.6 is 0 Å². The Kier molecular flexibility index (Phi) is 32.8. The van der Waals surface area contributed by atoms with Gasteiger partial charge in [0.1, 0.15) is 19.3 Å². The van der Waals surface area contributed by atoms with E-state index in [4.69, 9.17) is 24.1 Å². The third kappa shape index (κ3) is 34.9. The summed E-state index contributed by atoms with van der Waals surface area (Å²) >= 11 is 0. The Morgan fingerprint density at radius 2 is 0.941 bits per heavy atom. The van der Waals surface area contributed by atoms with E-state index in [1.807, 2.05) is 6.92 Å². The largest absolute Gasteiger partial charge is 0.481 e. The van der Waals surface area contributed by atoms with Crippen LogP contribution in [0.25, 0.3) is 0 Å². The van der Waals surface area contributed by atoms with Crippen molar-refractivity contribution in [2.75, 3.05) is 72.5 Å². The first-order chi connectivity index (χ1) is 24.6. The predicted octanol–water partition coefficient (Wildman–Crippen LogP) is 2.32. The summed E-state index contributed by atoms with van der Waals surface area (Å²) in [5.41, 5.74) is 0. The average molecular weight is 733 g/mol. The number of rotatable bonds is 37. The number of unbranched alkanes of at least 4 members (excludes halogenated alkanes) is 10. The van der Waals surface area contributed by atoms with E-state index in [-0.39, 0.29) is 95.5 Å². The highest BCUT2D eigenvalue weighted by Crippen LogP contribution is 2.12. The van der Waals surface area contributed by atoms with E-state index in [9.17, 15) is 33.9 Å². The highest BCUT2D eigenvalue weighted by atomic mass is 16.5. The fourth-order valence-corrected chi connectivity index (χ4v) is 4.67. The number of hydrogen-bond donors (Lipinski definition) is 6. The van der Waals surface area contributed by atoms with Crippen molar-refractivity contribution in [3.63, 3.8) is 0 Å². The SMILES string of the molecule is CCCCNC(=O)COCCOCCNC(=O)COCCOCCNC(=O)CC[C@H](NC(=O)CCCCCCCCCCCCC(=O)O)C(=O)O. The van der Waals surface area contributed by atoms with Gasteiger partial charge in [0.05, 0.1) is 39.6 Å². The van der Waals surface area contributed by atoms with Gasteiger partial charge in [0.15, 0.2) is 0 Å². The van der Waals surface area contributed by atoms with Crippen LogP contribution in [0.3, 0.4) is 0 Å². The average Bonchev–Trinajstić information content (AvgIpc) is 3.09. The van der Waals surface area contributed by atoms with Crippen LogP contribution in [0.1, 0.15) is 110 Å². The Morgan fingerprint density at radius 1 is 0.490 bits per heavy atom. The van der Waals surface area contributed by atoms with Crippen molar-refractivity contribution in [3.8, 4) is 0 Å². The summed E-state index contributed by atoms with van der Waals surface area (Å²) in [6.07, 6.45) is 12.0. The Balaban J connectivity index is 3.68. The molecule has 0 aromatic heterocycles. The molecule has 0 aromatic rings. The molecule has 16 nitrogen and oxygen atoms in total. The van der Waals surface area contributed by atoms with Crippen molar-refractivity contribution in [2.45, 2.75) is 116 Å². The van der Waals surface area contributed by atoms with E-state index in [1.165, 1.54) is 0 Å². The van der Waals surface area contributed by atoms with Crippen molar-refractivity contribution < 1.29 is 57.9 Å². The number of carbonyl (C=O) groups excluding carboxylic acids is 4. The minimum absolute atomic E-state index is 0.0110. The van der Waals surface area contributed by atoms with E-state index < -0.39 is 18.0 Å². The summed E-state index contributed by atoms with van der Waals surface area (Å²) in [5, 5.41) is 28.6. The van der Waals surface area contributed by atoms with Crippen LogP contribution in [-0.2, 0) is 47.7 Å². The molecule has 51 heavy (non-hydrogen) atoms. The van der Waals surface area contributed by atoms with Gasteiger partial charge < -0.3 is 50.4 Å². The number of aliphatic carboxylic acids is 2. The maximum Gasteiger partial charge on any atom is 0.326 e. The van der Waals surface area contributed by atoms with Gasteiger partial charge >= 0.3 is 11.9 Å². The third-order valence-corrected chi connectivity index (χ3v) is 7.54. The number of hydrogen-bond acceptors (Lipinski definition) is 10. The van der Waals surface area contributed by atoms with Crippen LogP contribution in [0.4, 0.5) is 0 Å². The molecule has 0 fully saturated rings. The van der Waals surface area contributed by atoms with E-state index in [1.54, 1.807) is 0 Å². The first-order valence-electron chi connectivity index (χ1n) is 18.5. The zero-order valence-corrected chi connectivity index (χ0v) is 30.6. The lowest BCUT2D eigenvalue weighted by Gasteiger charge is -2.14. The van der Waals surface area contributed by atoms with Gasteiger partial charge in [-0.2, -0.15) is 0 Å². The molecule has 0 heterocycles. The third-order valence-electron chi connectivity index (χ3n) is 7.54. The Morgan fingerprint density at radius 3 is 1.43 bits per heavy atom. The van der Waals surface area contributed by atoms with Gasteiger partial charge in [-0.1, -0.05) is 64.7 Å². The standard InChI is InChI=1S/C35H64N4O12/c1-2-3-18-36-32(42)27-50-25-24-49-22-20-38-33(43)28-51-26-23-48-21-19-37-30(40)17-16-29(35(46)47)39-31(41)14-12-10-8-6-4-5-7-9-11-13-15-34(44)45/h29H,2-28H2,1H3,(H,36,42)(H,37,40)(H,38,43)(H,39,41)(H,44,45)(H,46,47)/t29-/m0/s1. The summed E-state index contributed by atoms with van der Waals surface area (Å²) in [6, 6.07) is -1.14. The lowest BCUT2D eigenvalue weighted by molar-refractivity contribution is -0.142. The van der Waals surface area contributed by atoms with Gasteiger partial charge in [0.2, 0.25) is 23.6 Å². The second-order valence-corrected chi connectivity index (χ2v) is 12.2. The first-order valence-corrected chi connectivity index (χ1v) is 18.5. The molecule has 16 heteroatoms. The fourth-order valence-electron chi connectivity index (χ4n) is 4.67. The number of nitrogens with one attached hydrogen (secondary N) is 4. The van der Waals surface area contributed by atoms with E-state index in [0.29, 0.717) is 32.7 Å². The van der Waals surface area contributed by atoms with Crippen LogP contribution in [0.15, 0.2) is 0 Å². The smallest absolute Gasteiger partial charge is 0.326 e. The number of carbonyl (C=O) groups is 6. The van der Waals surface area contributed by atoms with Crippen molar-refractivity contribution >= 4 is 35.6 Å². The molecule has 0 saturated heterocycles. The second-order valence-electron chi connectivity index (χ2n) is 12.2. The molecule has 0 bridgehead atoms. The Bertz CT molecular complexity index is 954. The summed E-state index contributed by atoms with van der Waals surface area (Å²) in [7, 11) is 0. The van der Waals surface area contributed by atoms with Crippen LogP contribution in [0.2, 0.25) is 0 Å². The normalized spacial score (nSPS) is 11.5. The van der Waals surface area contributed by atoms with Gasteiger partial charge in [-0.25, -0.2) is 4.79 Å². The minimum Gasteiger partial charge on any atom is -0.481 e. The van der Waals surface area contributed by atoms with E-state index >= 15 is 0 Å². The number of amides is 4. The monoisotopic (exact) mass is 732 g/mol. The highest BCUT2D eigenvalue weighted by Gasteiger charge is 2.20. The Labute approximate surface area is 302 Å². The molecule has 1 atom stereocenters. The van der Waals surface area contributed by atoms with Gasteiger partial charge in [-0.3, -0.25) is 24.0 Å². The summed E-state index contributed by atoms with van der Waals surface area (Å²) in [6.45, 7) is 4.54. The van der Waals surface area contributed by atoms with Crippen LogP contribution in [0, 0.1) is 0 Å². The molecule has 0 saturated carbocycles. The molecule has 0 aliphatic rings. The summed E-state index contributed by atoms with van der Waals surface area (Å²) < 4.78 is 21.2. The molecule has 0 unspecified atom stereocenters. The lowest BCUT2D eigenvalue weighted by Crippen LogP contribution is -2.41. The van der Waals surface area contributed by atoms with Crippen molar-refractivity contribution in [1.29, 1.82) is 0 Å². The van der Waals surface area contributed by atoms with Crippen molar-refractivity contribution in [1.82, 2.24) is 21.3 Å². The first kappa shape index (κ1) is 47.7. The molecular weight excluding hydrogens is 668 g/mol. The Hall–Kier alpha value is -3.34. The summed E-state index contributed by atoms with van der Waals surface area (Å²) in [4.78, 5) is 69.7. The molecule has 296 valence electrons. The maximum atomic E-state index is 12.2. The quantitative estimate of drug-likeness (QED) is 0.0506. The van der Waals surface area contributed by atoms with Gasteiger partial charge in [-0.15, -0.1) is 0 Å². The topological polar surface area (TPSA) is 228 Å². The van der Waals surface area contributed by atoms with Crippen molar-refractivity contribution in [2.24, 2.45) is 0 Å². The summed E-state index contributed by atoms with van der Waals surface area (Å²) in [5.74, 6) is -3.08. The molecule has 4 amide bonds. The van der Waals surface area contributed by atoms with Gasteiger partial charge in [0, 0.05) is 38.9 Å². The second kappa shape index (κ2) is 35.1. The van der Waals surface area contributed by atoms with Crippen LogP contribution < -0.4 is 21.3 Å². The molecular formula is C35H64N4O12. The zero-order chi connectivity index (χ0) is 37.8. The minimum atomic E-state index is -1.19. The molecule has 0 aliphatic carbocycles. The number of carboxylic acids is 2. The molecule has 0 aliphatic heterocycles. The maximum absolute atomic E-state index is 12.2. The van der Waals surface area contributed by atoms with E-state index in [2.05, 4.69) is 21.3 Å². The number of carboxylic acid groups (broad SMARTS) is 2. The molecule has 0 aromatic carbocycles. The highest BCUT2D eigenvalue weighted by molar-refractivity contribution is 5.84. The van der Waals surface area contributed by atoms with Gasteiger partial charge in [-0.05, 0) is 25.7 Å². The predicted molar refractivity (Wildman–Crippen MR) is 189 cm³/mol. The molecule has 0 rings (SSSR count).